The fourth-order valence-electron chi connectivity index (χ4n) is 5.55. The number of rotatable bonds is 5. The topological polar surface area (TPSA) is 38.8 Å². The molecule has 0 spiro atoms. The molecule has 0 amide bonds. The molecule has 0 bridgehead atoms. The molecule has 0 N–H and O–H groups in total. The van der Waals surface area contributed by atoms with Crippen molar-refractivity contribution in [3.05, 3.63) is 23.8 Å². The minimum atomic E-state index is 0.0731. The Bertz CT molecular complexity index is 710. The lowest BCUT2D eigenvalue weighted by Crippen LogP contribution is -2.46. The van der Waals surface area contributed by atoms with Crippen LogP contribution in [0, 0.1) is 0 Å². The van der Waals surface area contributed by atoms with Crippen LogP contribution in [-0.4, -0.2) is 42.5 Å². The van der Waals surface area contributed by atoms with Gasteiger partial charge in [0.25, 0.3) is 0 Å². The lowest BCUT2D eigenvalue weighted by atomic mass is 9.66. The lowest BCUT2D eigenvalue weighted by molar-refractivity contribution is -0.122. The Kier molecular flexibility index (Phi) is 5.69. The Labute approximate surface area is 169 Å². The van der Waals surface area contributed by atoms with Crippen molar-refractivity contribution in [3.63, 3.8) is 0 Å². The number of ketones is 1. The third kappa shape index (κ3) is 3.80. The van der Waals surface area contributed by atoms with Gasteiger partial charge in [-0.3, -0.25) is 4.79 Å². The highest BCUT2D eigenvalue weighted by molar-refractivity contribution is 5.81. The first-order valence-electron chi connectivity index (χ1n) is 11.2. The average molecular weight is 386 g/mol. The fraction of sp³-hybridized carbons (Fsp3) is 0.708. The van der Waals surface area contributed by atoms with Crippen molar-refractivity contribution in [1.29, 1.82) is 0 Å². The summed E-state index contributed by atoms with van der Waals surface area (Å²) in [6, 6.07) is 6.89. The van der Waals surface area contributed by atoms with Crippen LogP contribution in [0.4, 0.5) is 0 Å². The second-order valence-corrected chi connectivity index (χ2v) is 9.35. The first-order chi connectivity index (χ1) is 13.5. The highest BCUT2D eigenvalue weighted by Gasteiger charge is 2.50. The normalized spacial score (nSPS) is 29.1. The van der Waals surface area contributed by atoms with E-state index in [0.29, 0.717) is 30.8 Å². The summed E-state index contributed by atoms with van der Waals surface area (Å²) in [5.41, 5.74) is 1.40. The molecule has 2 atom stereocenters. The molecule has 0 radical (unpaired) electrons. The van der Waals surface area contributed by atoms with Crippen LogP contribution in [0.2, 0.25) is 0 Å². The van der Waals surface area contributed by atoms with Gasteiger partial charge in [-0.05, 0) is 83.7 Å². The first kappa shape index (κ1) is 19.8. The number of fused-ring (bicyclic) bond motifs is 1. The summed E-state index contributed by atoms with van der Waals surface area (Å²) in [4.78, 5) is 14.5. The van der Waals surface area contributed by atoms with Crippen LogP contribution in [0.15, 0.2) is 18.2 Å². The van der Waals surface area contributed by atoms with Gasteiger partial charge in [0.05, 0.1) is 12.2 Å². The molecule has 0 aromatic heterocycles. The van der Waals surface area contributed by atoms with Gasteiger partial charge in [-0.1, -0.05) is 12.5 Å². The lowest BCUT2D eigenvalue weighted by Gasteiger charge is -2.41. The monoisotopic (exact) mass is 385 g/mol. The summed E-state index contributed by atoms with van der Waals surface area (Å²) in [5, 5.41) is 0. The number of likely N-dealkylation sites (tertiary alicyclic amines) is 1. The zero-order valence-electron chi connectivity index (χ0n) is 17.7. The molecule has 2 aliphatic carbocycles. The van der Waals surface area contributed by atoms with Gasteiger partial charge in [-0.25, -0.2) is 0 Å². The number of carbonyl (C=O) groups excluding carboxylic acids is 1. The number of hydrogen-bond donors (Lipinski definition) is 0. The van der Waals surface area contributed by atoms with Crippen molar-refractivity contribution >= 4 is 5.78 Å². The summed E-state index contributed by atoms with van der Waals surface area (Å²) < 4.78 is 12.6. The third-order valence-electron chi connectivity index (χ3n) is 7.08. The van der Waals surface area contributed by atoms with Gasteiger partial charge in [0.15, 0.2) is 11.5 Å². The number of ether oxygens (including phenoxy) is 2. The summed E-state index contributed by atoms with van der Waals surface area (Å²) in [7, 11) is 2.17. The molecule has 3 aliphatic rings. The van der Waals surface area contributed by atoms with Crippen molar-refractivity contribution in [2.24, 2.45) is 0 Å². The van der Waals surface area contributed by atoms with E-state index in [1.54, 1.807) is 0 Å². The minimum Gasteiger partial charge on any atom is -0.487 e. The van der Waals surface area contributed by atoms with Crippen LogP contribution in [-0.2, 0) is 10.2 Å². The van der Waals surface area contributed by atoms with E-state index in [0.717, 1.165) is 43.7 Å². The predicted molar refractivity (Wildman–Crippen MR) is 111 cm³/mol. The maximum Gasteiger partial charge on any atom is 0.161 e. The second kappa shape index (κ2) is 8.06. The largest absolute Gasteiger partial charge is 0.487 e. The molecular weight excluding hydrogens is 350 g/mol. The molecule has 4 nitrogen and oxygen atoms in total. The first-order valence-corrected chi connectivity index (χ1v) is 11.2. The molecule has 1 aliphatic heterocycles. The van der Waals surface area contributed by atoms with E-state index in [-0.39, 0.29) is 11.5 Å². The second-order valence-electron chi connectivity index (χ2n) is 9.35. The number of Topliss-reactive ketones (excluding diaryl/α,β-unsaturated/α-hetero) is 1. The summed E-state index contributed by atoms with van der Waals surface area (Å²) in [5.74, 6) is 2.17. The highest BCUT2D eigenvalue weighted by Crippen LogP contribution is 2.49. The van der Waals surface area contributed by atoms with Gasteiger partial charge in [-0.2, -0.15) is 0 Å². The third-order valence-corrected chi connectivity index (χ3v) is 7.08. The van der Waals surface area contributed by atoms with Gasteiger partial charge in [0, 0.05) is 24.3 Å². The van der Waals surface area contributed by atoms with Crippen LogP contribution in [0.25, 0.3) is 0 Å². The predicted octanol–water partition coefficient (Wildman–Crippen LogP) is 4.88. The Morgan fingerprint density at radius 2 is 1.89 bits per heavy atom. The molecule has 28 heavy (non-hydrogen) atoms. The van der Waals surface area contributed by atoms with E-state index in [9.17, 15) is 4.79 Å². The van der Waals surface area contributed by atoms with E-state index in [4.69, 9.17) is 9.47 Å². The maximum atomic E-state index is 12.2. The van der Waals surface area contributed by atoms with Gasteiger partial charge >= 0.3 is 0 Å². The summed E-state index contributed by atoms with van der Waals surface area (Å²) >= 11 is 0. The van der Waals surface area contributed by atoms with Crippen molar-refractivity contribution in [2.45, 2.75) is 95.3 Å². The highest BCUT2D eigenvalue weighted by atomic mass is 16.5. The average Bonchev–Trinajstić information content (AvgIpc) is 3.01. The maximum absolute atomic E-state index is 12.2. The van der Waals surface area contributed by atoms with Crippen LogP contribution in [0.3, 0.4) is 0 Å². The molecule has 154 valence electrons. The summed E-state index contributed by atoms with van der Waals surface area (Å²) in [6.07, 6.45) is 9.97. The zero-order chi connectivity index (χ0) is 19.7. The number of hydrogen-bond acceptors (Lipinski definition) is 4. The molecule has 3 fully saturated rings. The molecule has 0 unspecified atom stereocenters. The zero-order valence-corrected chi connectivity index (χ0v) is 17.7. The molecule has 1 aromatic carbocycles. The van der Waals surface area contributed by atoms with E-state index < -0.39 is 0 Å². The summed E-state index contributed by atoms with van der Waals surface area (Å²) in [6.45, 7) is 5.18. The van der Waals surface area contributed by atoms with E-state index in [2.05, 4.69) is 44.0 Å². The number of benzene rings is 1. The van der Waals surface area contributed by atoms with Crippen molar-refractivity contribution in [1.82, 2.24) is 4.90 Å². The molecule has 2 saturated carbocycles. The molecule has 1 heterocycles. The van der Waals surface area contributed by atoms with Gasteiger partial charge < -0.3 is 14.4 Å². The fourth-order valence-corrected chi connectivity index (χ4v) is 5.55. The molecule has 1 aromatic rings. The standard InChI is InChI=1S/C24H35NO3/c1-17(2)27-21-10-9-18(15-22(21)28-20-7-5-4-6-8-20)24-12-11-19(26)16-23(24)25(3)14-13-24/h9-10,15,17,20,23H,4-8,11-14,16H2,1-3H3/t23-,24-/m0/s1. The van der Waals surface area contributed by atoms with Crippen molar-refractivity contribution < 1.29 is 14.3 Å². The minimum absolute atomic E-state index is 0.0731. The Morgan fingerprint density at radius 3 is 2.64 bits per heavy atom. The molecular formula is C24H35NO3. The molecule has 1 saturated heterocycles. The van der Waals surface area contributed by atoms with Crippen LogP contribution in [0.5, 0.6) is 11.5 Å². The van der Waals surface area contributed by atoms with Gasteiger partial charge in [0.2, 0.25) is 0 Å². The Balaban J connectivity index is 1.67. The Hall–Kier alpha value is -1.55. The van der Waals surface area contributed by atoms with Gasteiger partial charge in [-0.15, -0.1) is 0 Å². The molecule has 4 rings (SSSR count). The van der Waals surface area contributed by atoms with Crippen LogP contribution >= 0.6 is 0 Å². The van der Waals surface area contributed by atoms with Crippen molar-refractivity contribution in [2.75, 3.05) is 13.6 Å². The quantitative estimate of drug-likeness (QED) is 0.724. The van der Waals surface area contributed by atoms with Crippen molar-refractivity contribution in [3.8, 4) is 11.5 Å². The smallest absolute Gasteiger partial charge is 0.161 e. The van der Waals surface area contributed by atoms with Gasteiger partial charge in [0.1, 0.15) is 5.78 Å². The Morgan fingerprint density at radius 1 is 1.11 bits per heavy atom. The number of carbonyl (C=O) groups is 1. The molecule has 4 heteroatoms. The number of nitrogens with zero attached hydrogens (tertiary/aromatic N) is 1. The van der Waals surface area contributed by atoms with Crippen LogP contribution in [0.1, 0.15) is 77.2 Å². The van der Waals surface area contributed by atoms with E-state index in [1.165, 1.54) is 24.8 Å². The SMILES string of the molecule is CC(C)Oc1ccc([C@@]23CCC(=O)C[C@@H]2N(C)CC3)cc1OC1CCCCC1. The van der Waals surface area contributed by atoms with Crippen LogP contribution < -0.4 is 9.47 Å². The van der Waals surface area contributed by atoms with E-state index in [1.807, 2.05) is 0 Å². The van der Waals surface area contributed by atoms with E-state index >= 15 is 0 Å². The number of likely N-dealkylation sites (N-methyl/N-ethyl adjacent to an activating group) is 1.